The zero-order valence-corrected chi connectivity index (χ0v) is 17.0. The molecule has 0 aromatic carbocycles. The van der Waals surface area contributed by atoms with Crippen molar-refractivity contribution in [1.82, 2.24) is 19.5 Å². The molecule has 3 heterocycles. The molecular formula is C20H26FN5O4. The molecule has 1 saturated heterocycles. The van der Waals surface area contributed by atoms with Crippen molar-refractivity contribution in [3.8, 4) is 12.3 Å². The second kappa shape index (κ2) is 8.93. The average Bonchev–Trinajstić information content (AvgIpc) is 3.29. The predicted molar refractivity (Wildman–Crippen MR) is 106 cm³/mol. The number of hydrogen-bond donors (Lipinski definition) is 2. The highest BCUT2D eigenvalue weighted by atomic mass is 19.1. The number of ether oxygens (including phenoxy) is 2. The summed E-state index contributed by atoms with van der Waals surface area (Å²) in [6.45, 7) is 3.33. The minimum Gasteiger partial charge on any atom is -0.458 e. The van der Waals surface area contributed by atoms with Gasteiger partial charge in [-0.3, -0.25) is 9.36 Å². The summed E-state index contributed by atoms with van der Waals surface area (Å²) in [5.41, 5.74) is 4.50. The molecule has 4 atom stereocenters. The molecule has 3 rings (SSSR count). The zero-order valence-electron chi connectivity index (χ0n) is 17.0. The van der Waals surface area contributed by atoms with Gasteiger partial charge < -0.3 is 20.3 Å². The van der Waals surface area contributed by atoms with Crippen LogP contribution >= 0.6 is 0 Å². The van der Waals surface area contributed by atoms with E-state index in [2.05, 4.69) is 27.8 Å². The largest absolute Gasteiger partial charge is 0.458 e. The van der Waals surface area contributed by atoms with Crippen LogP contribution in [0.4, 0.5) is 10.2 Å². The standard InChI is InChI=1S/C20H26FN5O4/c1-4-6-7-8-12(3)18(28)29-13-9-14(30-20(13,5-2)10-27)26-11-23-15-16(22)24-19(21)25-17(15)26/h2,11-14,27H,4,6-10H2,1,3H3,(H2,22,24,25)/t12?,13-,14+,20+/m0/s1. The van der Waals surface area contributed by atoms with E-state index in [9.17, 15) is 14.3 Å². The van der Waals surface area contributed by atoms with Crippen molar-refractivity contribution in [2.45, 2.75) is 63.9 Å². The summed E-state index contributed by atoms with van der Waals surface area (Å²) in [5, 5.41) is 9.94. The zero-order chi connectivity index (χ0) is 21.9. The SMILES string of the molecule is C#C[C@]1(CO)O[C@@H](n2cnc3c(N)nc(F)nc32)C[C@@H]1OC(=O)C(C)CCCCC. The van der Waals surface area contributed by atoms with Gasteiger partial charge in [0, 0.05) is 6.42 Å². The van der Waals surface area contributed by atoms with Crippen LogP contribution in [0.15, 0.2) is 6.33 Å². The summed E-state index contributed by atoms with van der Waals surface area (Å²) in [5.74, 6) is 1.61. The number of halogens is 1. The number of aliphatic hydroxyl groups is 1. The molecule has 10 heteroatoms. The van der Waals surface area contributed by atoms with Crippen LogP contribution in [0.5, 0.6) is 0 Å². The number of aromatic nitrogens is 4. The summed E-state index contributed by atoms with van der Waals surface area (Å²) in [7, 11) is 0. The number of aliphatic hydroxyl groups excluding tert-OH is 1. The molecule has 0 radical (unpaired) electrons. The Bertz CT molecular complexity index is 959. The first-order chi connectivity index (χ1) is 14.3. The first-order valence-electron chi connectivity index (χ1n) is 9.97. The molecule has 2 aromatic rings. The molecule has 0 bridgehead atoms. The van der Waals surface area contributed by atoms with E-state index >= 15 is 0 Å². The second-order valence-corrected chi connectivity index (χ2v) is 7.52. The molecule has 2 aromatic heterocycles. The smallest absolute Gasteiger partial charge is 0.312 e. The first kappa shape index (κ1) is 21.9. The summed E-state index contributed by atoms with van der Waals surface area (Å²) in [6, 6.07) is 0. The van der Waals surface area contributed by atoms with E-state index in [0.717, 1.165) is 19.3 Å². The van der Waals surface area contributed by atoms with Crippen LogP contribution in [0.1, 0.15) is 52.2 Å². The van der Waals surface area contributed by atoms with E-state index in [1.54, 1.807) is 6.92 Å². The maximum Gasteiger partial charge on any atom is 0.312 e. The summed E-state index contributed by atoms with van der Waals surface area (Å²) in [4.78, 5) is 23.9. The number of carbonyl (C=O) groups is 1. The lowest BCUT2D eigenvalue weighted by Crippen LogP contribution is -2.44. The lowest BCUT2D eigenvalue weighted by molar-refractivity contribution is -0.163. The number of terminal acetylenes is 1. The van der Waals surface area contributed by atoms with Crippen LogP contribution in [0, 0.1) is 24.3 Å². The van der Waals surface area contributed by atoms with Crippen molar-refractivity contribution in [1.29, 1.82) is 0 Å². The molecule has 3 N–H and O–H groups in total. The summed E-state index contributed by atoms with van der Waals surface area (Å²) >= 11 is 0. The van der Waals surface area contributed by atoms with Crippen molar-refractivity contribution < 1.29 is 23.8 Å². The number of nitrogens with two attached hydrogens (primary N) is 1. The van der Waals surface area contributed by atoms with Gasteiger partial charge in [-0.1, -0.05) is 39.0 Å². The molecule has 30 heavy (non-hydrogen) atoms. The number of rotatable bonds is 8. The predicted octanol–water partition coefficient (Wildman–Crippen LogP) is 1.96. The van der Waals surface area contributed by atoms with E-state index < -0.39 is 36.6 Å². The monoisotopic (exact) mass is 419 g/mol. The van der Waals surface area contributed by atoms with Gasteiger partial charge >= 0.3 is 12.0 Å². The van der Waals surface area contributed by atoms with Crippen molar-refractivity contribution in [2.75, 3.05) is 12.3 Å². The third kappa shape index (κ3) is 4.08. The van der Waals surface area contributed by atoms with Crippen molar-refractivity contribution >= 4 is 23.0 Å². The van der Waals surface area contributed by atoms with Crippen LogP contribution in [0.25, 0.3) is 11.2 Å². The lowest BCUT2D eigenvalue weighted by Gasteiger charge is -2.27. The Balaban J connectivity index is 1.83. The number of unbranched alkanes of at least 4 members (excludes halogenated alkanes) is 2. The van der Waals surface area contributed by atoms with Crippen LogP contribution in [-0.2, 0) is 14.3 Å². The Kier molecular flexibility index (Phi) is 6.53. The quantitative estimate of drug-likeness (QED) is 0.288. The summed E-state index contributed by atoms with van der Waals surface area (Å²) in [6.07, 6.45) is 8.17. The van der Waals surface area contributed by atoms with Gasteiger partial charge in [-0.25, -0.2) is 4.98 Å². The Morgan fingerprint density at radius 2 is 2.33 bits per heavy atom. The van der Waals surface area contributed by atoms with E-state index in [-0.39, 0.29) is 29.3 Å². The van der Waals surface area contributed by atoms with Gasteiger partial charge in [0.25, 0.3) is 0 Å². The van der Waals surface area contributed by atoms with Gasteiger partial charge in [0.2, 0.25) is 0 Å². The molecule has 0 spiro atoms. The summed E-state index contributed by atoms with van der Waals surface area (Å²) < 4.78 is 26.7. The Labute approximate surface area is 173 Å². The third-order valence-electron chi connectivity index (χ3n) is 5.39. The van der Waals surface area contributed by atoms with E-state index in [1.165, 1.54) is 10.9 Å². The number of hydrogen-bond acceptors (Lipinski definition) is 8. The van der Waals surface area contributed by atoms with Crippen LogP contribution in [-0.4, -0.2) is 48.9 Å². The number of anilines is 1. The molecule has 1 aliphatic rings. The van der Waals surface area contributed by atoms with Gasteiger partial charge in [0.15, 0.2) is 22.6 Å². The van der Waals surface area contributed by atoms with Gasteiger partial charge in [0.1, 0.15) is 12.3 Å². The van der Waals surface area contributed by atoms with Crippen LogP contribution < -0.4 is 5.73 Å². The first-order valence-corrected chi connectivity index (χ1v) is 9.97. The van der Waals surface area contributed by atoms with E-state index in [4.69, 9.17) is 21.6 Å². The topological polar surface area (TPSA) is 125 Å². The minimum absolute atomic E-state index is 0.108. The van der Waals surface area contributed by atoms with Crippen molar-refractivity contribution in [3.05, 3.63) is 12.4 Å². The number of carbonyl (C=O) groups excluding carboxylic acids is 1. The Morgan fingerprint density at radius 1 is 1.57 bits per heavy atom. The highest BCUT2D eigenvalue weighted by molar-refractivity contribution is 5.81. The number of nitrogens with zero attached hydrogens (tertiary/aromatic N) is 4. The van der Waals surface area contributed by atoms with Crippen molar-refractivity contribution in [3.63, 3.8) is 0 Å². The fraction of sp³-hybridized carbons (Fsp3) is 0.600. The fourth-order valence-electron chi connectivity index (χ4n) is 3.56. The van der Waals surface area contributed by atoms with Gasteiger partial charge in [-0.05, 0) is 6.42 Å². The number of imidazole rings is 1. The van der Waals surface area contributed by atoms with Gasteiger partial charge in [-0.2, -0.15) is 14.4 Å². The Morgan fingerprint density at radius 3 is 3.00 bits per heavy atom. The Hall–Kier alpha value is -2.77. The van der Waals surface area contributed by atoms with Gasteiger partial charge in [-0.15, -0.1) is 6.42 Å². The number of fused-ring (bicyclic) bond motifs is 1. The maximum atomic E-state index is 13.7. The van der Waals surface area contributed by atoms with Crippen molar-refractivity contribution in [2.24, 2.45) is 5.92 Å². The lowest BCUT2D eigenvalue weighted by atomic mass is 9.98. The average molecular weight is 419 g/mol. The fourth-order valence-corrected chi connectivity index (χ4v) is 3.56. The normalized spacial score (nSPS) is 24.6. The van der Waals surface area contributed by atoms with Crippen LogP contribution in [0.2, 0.25) is 0 Å². The molecule has 9 nitrogen and oxygen atoms in total. The highest BCUT2D eigenvalue weighted by Crippen LogP contribution is 2.40. The molecule has 1 unspecified atom stereocenters. The van der Waals surface area contributed by atoms with Crippen LogP contribution in [0.3, 0.4) is 0 Å². The number of esters is 1. The number of nitrogen functional groups attached to an aromatic ring is 1. The van der Waals surface area contributed by atoms with Gasteiger partial charge in [0.05, 0.1) is 18.9 Å². The van der Waals surface area contributed by atoms with E-state index in [0.29, 0.717) is 6.42 Å². The third-order valence-corrected chi connectivity index (χ3v) is 5.39. The molecule has 1 fully saturated rings. The minimum atomic E-state index is -1.53. The highest BCUT2D eigenvalue weighted by Gasteiger charge is 2.51. The molecule has 162 valence electrons. The molecular weight excluding hydrogens is 393 g/mol. The second-order valence-electron chi connectivity index (χ2n) is 7.52. The molecule has 0 aliphatic carbocycles. The molecule has 0 saturated carbocycles. The van der Waals surface area contributed by atoms with E-state index in [1.807, 2.05) is 0 Å². The molecule has 1 aliphatic heterocycles. The molecule has 0 amide bonds. The maximum absolute atomic E-state index is 13.7.